The highest BCUT2D eigenvalue weighted by atomic mass is 16.5. The zero-order chi connectivity index (χ0) is 14.8. The van der Waals surface area contributed by atoms with Crippen molar-refractivity contribution in [2.24, 2.45) is 0 Å². The van der Waals surface area contributed by atoms with Crippen LogP contribution in [0.5, 0.6) is 0 Å². The lowest BCUT2D eigenvalue weighted by atomic mass is 9.94. The Bertz CT molecular complexity index is 745. The van der Waals surface area contributed by atoms with Gasteiger partial charge in [0, 0.05) is 6.42 Å². The van der Waals surface area contributed by atoms with Gasteiger partial charge in [0.15, 0.2) is 12.1 Å². The van der Waals surface area contributed by atoms with E-state index >= 15 is 0 Å². The van der Waals surface area contributed by atoms with E-state index < -0.39 is 0 Å². The lowest BCUT2D eigenvalue weighted by Crippen LogP contribution is -2.01. The summed E-state index contributed by atoms with van der Waals surface area (Å²) >= 11 is 0. The van der Waals surface area contributed by atoms with Gasteiger partial charge < -0.3 is 8.94 Å². The SMILES string of the molecule is Cc1ccccc1C(C)Cc1nc(-c2ncoc2C)no1. The fourth-order valence-corrected chi connectivity index (χ4v) is 2.47. The number of aromatic nitrogens is 3. The second-order valence-electron chi connectivity index (χ2n) is 5.23. The Balaban J connectivity index is 1.79. The average molecular weight is 283 g/mol. The van der Waals surface area contributed by atoms with Crippen molar-refractivity contribution in [3.8, 4) is 11.5 Å². The normalized spacial score (nSPS) is 12.5. The number of oxazole rings is 1. The standard InChI is InChI=1S/C16H17N3O2/c1-10-6-4-5-7-13(10)11(2)8-14-18-16(19-21-14)15-12(3)20-9-17-15/h4-7,9,11H,8H2,1-3H3. The molecule has 0 spiro atoms. The van der Waals surface area contributed by atoms with E-state index in [4.69, 9.17) is 8.94 Å². The molecule has 2 heterocycles. The summed E-state index contributed by atoms with van der Waals surface area (Å²) in [5.41, 5.74) is 3.21. The van der Waals surface area contributed by atoms with E-state index in [2.05, 4.69) is 47.2 Å². The van der Waals surface area contributed by atoms with Crippen molar-refractivity contribution in [2.75, 3.05) is 0 Å². The van der Waals surface area contributed by atoms with Gasteiger partial charge in [-0.2, -0.15) is 4.98 Å². The Morgan fingerprint density at radius 2 is 2.00 bits per heavy atom. The lowest BCUT2D eigenvalue weighted by Gasteiger charge is -2.11. The molecular weight excluding hydrogens is 266 g/mol. The first-order valence-electron chi connectivity index (χ1n) is 6.93. The summed E-state index contributed by atoms with van der Waals surface area (Å²) in [5.74, 6) is 2.10. The van der Waals surface area contributed by atoms with Gasteiger partial charge in [-0.3, -0.25) is 0 Å². The Morgan fingerprint density at radius 3 is 2.71 bits per heavy atom. The minimum atomic E-state index is 0.318. The molecule has 1 atom stereocenters. The zero-order valence-electron chi connectivity index (χ0n) is 12.3. The first kappa shape index (κ1) is 13.5. The number of nitrogens with zero attached hydrogens (tertiary/aromatic N) is 3. The lowest BCUT2D eigenvalue weighted by molar-refractivity contribution is 0.371. The van der Waals surface area contributed by atoms with Crippen LogP contribution in [0.2, 0.25) is 0 Å². The summed E-state index contributed by atoms with van der Waals surface area (Å²) in [6, 6.07) is 8.35. The van der Waals surface area contributed by atoms with Crippen molar-refractivity contribution in [2.45, 2.75) is 33.1 Å². The van der Waals surface area contributed by atoms with E-state index in [1.54, 1.807) is 0 Å². The molecule has 0 aliphatic heterocycles. The molecule has 21 heavy (non-hydrogen) atoms. The molecule has 5 heteroatoms. The second kappa shape index (κ2) is 5.52. The van der Waals surface area contributed by atoms with Crippen LogP contribution in [-0.2, 0) is 6.42 Å². The van der Waals surface area contributed by atoms with Gasteiger partial charge in [-0.05, 0) is 30.9 Å². The van der Waals surface area contributed by atoms with Crippen LogP contribution in [0, 0.1) is 13.8 Å². The first-order chi connectivity index (χ1) is 10.1. The van der Waals surface area contributed by atoms with Crippen LogP contribution in [0.4, 0.5) is 0 Å². The van der Waals surface area contributed by atoms with Crippen LogP contribution in [0.1, 0.15) is 35.6 Å². The number of benzene rings is 1. The summed E-state index contributed by atoms with van der Waals surface area (Å²) in [5, 5.41) is 3.98. The fourth-order valence-electron chi connectivity index (χ4n) is 2.47. The summed E-state index contributed by atoms with van der Waals surface area (Å²) in [6.07, 6.45) is 2.09. The Labute approximate surface area is 123 Å². The highest BCUT2D eigenvalue weighted by molar-refractivity contribution is 5.49. The molecule has 0 radical (unpaired) electrons. The Kier molecular flexibility index (Phi) is 3.56. The van der Waals surface area contributed by atoms with E-state index in [1.807, 2.05) is 13.0 Å². The molecule has 3 rings (SSSR count). The monoisotopic (exact) mass is 283 g/mol. The molecule has 1 aromatic carbocycles. The highest BCUT2D eigenvalue weighted by Crippen LogP contribution is 2.24. The minimum Gasteiger partial charge on any atom is -0.448 e. The first-order valence-corrected chi connectivity index (χ1v) is 6.93. The maximum absolute atomic E-state index is 5.33. The Hall–Kier alpha value is -2.43. The smallest absolute Gasteiger partial charge is 0.227 e. The van der Waals surface area contributed by atoms with Crippen LogP contribution < -0.4 is 0 Å². The molecule has 0 aliphatic carbocycles. The molecule has 0 N–H and O–H groups in total. The maximum atomic E-state index is 5.33. The number of rotatable bonds is 4. The number of hydrogen-bond acceptors (Lipinski definition) is 5. The quantitative estimate of drug-likeness (QED) is 0.730. The molecule has 0 saturated heterocycles. The third-order valence-corrected chi connectivity index (χ3v) is 3.62. The van der Waals surface area contributed by atoms with Crippen molar-refractivity contribution in [1.29, 1.82) is 0 Å². The summed E-state index contributed by atoms with van der Waals surface area (Å²) in [6.45, 7) is 6.10. The minimum absolute atomic E-state index is 0.318. The third kappa shape index (κ3) is 2.72. The summed E-state index contributed by atoms with van der Waals surface area (Å²) in [7, 11) is 0. The van der Waals surface area contributed by atoms with Crippen molar-refractivity contribution >= 4 is 0 Å². The van der Waals surface area contributed by atoms with E-state index in [0.29, 0.717) is 35.5 Å². The predicted molar refractivity (Wildman–Crippen MR) is 77.8 cm³/mol. The van der Waals surface area contributed by atoms with Gasteiger partial charge in [-0.15, -0.1) is 0 Å². The van der Waals surface area contributed by atoms with Crippen molar-refractivity contribution < 1.29 is 8.94 Å². The summed E-state index contributed by atoms with van der Waals surface area (Å²) < 4.78 is 10.5. The van der Waals surface area contributed by atoms with Crippen molar-refractivity contribution in [3.05, 3.63) is 53.4 Å². The van der Waals surface area contributed by atoms with Gasteiger partial charge in [-0.25, -0.2) is 4.98 Å². The van der Waals surface area contributed by atoms with E-state index in [-0.39, 0.29) is 0 Å². The van der Waals surface area contributed by atoms with E-state index in [0.717, 1.165) is 0 Å². The average Bonchev–Trinajstić information content (AvgIpc) is 3.08. The molecule has 5 nitrogen and oxygen atoms in total. The third-order valence-electron chi connectivity index (χ3n) is 3.62. The molecule has 0 bridgehead atoms. The van der Waals surface area contributed by atoms with Gasteiger partial charge in [0.1, 0.15) is 5.76 Å². The van der Waals surface area contributed by atoms with E-state index in [9.17, 15) is 0 Å². The Morgan fingerprint density at radius 1 is 1.19 bits per heavy atom. The van der Waals surface area contributed by atoms with Crippen LogP contribution >= 0.6 is 0 Å². The van der Waals surface area contributed by atoms with Crippen molar-refractivity contribution in [1.82, 2.24) is 15.1 Å². The van der Waals surface area contributed by atoms with Gasteiger partial charge in [0.05, 0.1) is 0 Å². The fraction of sp³-hybridized carbons (Fsp3) is 0.312. The number of aryl methyl sites for hydroxylation is 2. The van der Waals surface area contributed by atoms with Crippen LogP contribution in [0.25, 0.3) is 11.5 Å². The maximum Gasteiger partial charge on any atom is 0.227 e. The highest BCUT2D eigenvalue weighted by Gasteiger charge is 2.17. The second-order valence-corrected chi connectivity index (χ2v) is 5.23. The molecule has 0 fully saturated rings. The molecule has 0 saturated carbocycles. The largest absolute Gasteiger partial charge is 0.448 e. The molecule has 0 amide bonds. The molecule has 108 valence electrons. The predicted octanol–water partition coefficient (Wildman–Crippen LogP) is 3.69. The van der Waals surface area contributed by atoms with Crippen molar-refractivity contribution in [3.63, 3.8) is 0 Å². The summed E-state index contributed by atoms with van der Waals surface area (Å²) in [4.78, 5) is 8.51. The van der Waals surface area contributed by atoms with Gasteiger partial charge in [0.2, 0.25) is 11.7 Å². The van der Waals surface area contributed by atoms with E-state index in [1.165, 1.54) is 17.5 Å². The van der Waals surface area contributed by atoms with Gasteiger partial charge >= 0.3 is 0 Å². The molecule has 2 aromatic heterocycles. The van der Waals surface area contributed by atoms with Crippen LogP contribution in [-0.4, -0.2) is 15.1 Å². The molecule has 0 aliphatic rings. The topological polar surface area (TPSA) is 65.0 Å². The van der Waals surface area contributed by atoms with Gasteiger partial charge in [-0.1, -0.05) is 36.3 Å². The van der Waals surface area contributed by atoms with Crippen LogP contribution in [0.3, 0.4) is 0 Å². The molecular formula is C16H17N3O2. The number of hydrogen-bond donors (Lipinski definition) is 0. The molecule has 1 unspecified atom stereocenters. The molecule has 3 aromatic rings. The zero-order valence-corrected chi connectivity index (χ0v) is 12.3. The van der Waals surface area contributed by atoms with Gasteiger partial charge in [0.25, 0.3) is 0 Å². The van der Waals surface area contributed by atoms with Crippen LogP contribution in [0.15, 0.2) is 39.6 Å².